The van der Waals surface area contributed by atoms with Crippen LogP contribution in [-0.4, -0.2) is 81.6 Å². The van der Waals surface area contributed by atoms with Crippen molar-refractivity contribution in [3.8, 4) is 5.75 Å². The number of nitrogens with zero attached hydrogens (tertiary/aromatic N) is 3. The Bertz CT molecular complexity index is 670. The zero-order chi connectivity index (χ0) is 17.7. The molecule has 1 aromatic carbocycles. The van der Waals surface area contributed by atoms with Gasteiger partial charge in [-0.2, -0.15) is 4.31 Å². The Morgan fingerprint density at radius 2 is 1.83 bits per heavy atom. The average molecular weight is 355 g/mol. The number of sulfonamides is 1. The Morgan fingerprint density at radius 3 is 2.42 bits per heavy atom. The van der Waals surface area contributed by atoms with Gasteiger partial charge in [0, 0.05) is 38.3 Å². The third-order valence-electron chi connectivity index (χ3n) is 4.18. The van der Waals surface area contributed by atoms with Crippen LogP contribution in [0.4, 0.5) is 0 Å². The molecule has 0 unspecified atom stereocenters. The van der Waals surface area contributed by atoms with E-state index in [4.69, 9.17) is 4.74 Å². The predicted molar refractivity (Wildman–Crippen MR) is 92.3 cm³/mol. The van der Waals surface area contributed by atoms with Crippen LogP contribution in [0.5, 0.6) is 5.75 Å². The highest BCUT2D eigenvalue weighted by Gasteiger charge is 2.26. The maximum atomic E-state index is 12.5. The Hall–Kier alpha value is -1.64. The van der Waals surface area contributed by atoms with E-state index in [9.17, 15) is 13.2 Å². The molecular formula is C16H25N3O4S. The molecule has 134 valence electrons. The minimum atomic E-state index is -3.51. The van der Waals surface area contributed by atoms with Crippen molar-refractivity contribution in [3.05, 3.63) is 29.8 Å². The molecule has 0 atom stereocenters. The zero-order valence-electron chi connectivity index (χ0n) is 14.4. The molecule has 1 heterocycles. The molecule has 0 spiro atoms. The molecule has 1 amide bonds. The molecule has 1 aliphatic heterocycles. The number of benzene rings is 1. The molecule has 0 bridgehead atoms. The Balaban J connectivity index is 2.10. The van der Waals surface area contributed by atoms with Gasteiger partial charge in [-0.05, 0) is 13.1 Å². The third kappa shape index (κ3) is 4.93. The largest absolute Gasteiger partial charge is 0.496 e. The molecule has 0 radical (unpaired) electrons. The van der Waals surface area contributed by atoms with E-state index in [1.165, 1.54) is 4.31 Å². The molecule has 0 aliphatic carbocycles. The van der Waals surface area contributed by atoms with Crippen LogP contribution in [0.3, 0.4) is 0 Å². The average Bonchev–Trinajstić information content (AvgIpc) is 2.54. The number of piperazine rings is 1. The van der Waals surface area contributed by atoms with E-state index in [2.05, 4.69) is 4.90 Å². The molecular weight excluding hydrogens is 330 g/mol. The molecule has 1 fully saturated rings. The predicted octanol–water partition coefficient (Wildman–Crippen LogP) is 0.231. The van der Waals surface area contributed by atoms with Crippen LogP contribution in [0, 0.1) is 0 Å². The van der Waals surface area contributed by atoms with Crippen molar-refractivity contribution in [1.29, 1.82) is 0 Å². The second-order valence-electron chi connectivity index (χ2n) is 6.03. The number of para-hydroxylation sites is 1. The van der Waals surface area contributed by atoms with Crippen LogP contribution in [0.25, 0.3) is 0 Å². The minimum absolute atomic E-state index is 0.113. The lowest BCUT2D eigenvalue weighted by Gasteiger charge is -2.33. The zero-order valence-corrected chi connectivity index (χ0v) is 15.3. The van der Waals surface area contributed by atoms with Crippen LogP contribution in [0.2, 0.25) is 0 Å². The summed E-state index contributed by atoms with van der Waals surface area (Å²) < 4.78 is 30.7. The van der Waals surface area contributed by atoms with E-state index in [-0.39, 0.29) is 19.0 Å². The van der Waals surface area contributed by atoms with E-state index in [1.54, 1.807) is 24.1 Å². The number of hydrogen-bond donors (Lipinski definition) is 0. The van der Waals surface area contributed by atoms with Crippen molar-refractivity contribution in [2.75, 3.05) is 53.1 Å². The molecule has 2 rings (SSSR count). The number of ether oxygens (including phenoxy) is 1. The molecule has 24 heavy (non-hydrogen) atoms. The quantitative estimate of drug-likeness (QED) is 0.731. The summed E-state index contributed by atoms with van der Waals surface area (Å²) in [5.74, 6) is 0.446. The molecule has 0 aromatic heterocycles. The molecule has 1 aliphatic rings. The minimum Gasteiger partial charge on any atom is -0.496 e. The summed E-state index contributed by atoms with van der Waals surface area (Å²) in [7, 11) is 0.0342. The fourth-order valence-electron chi connectivity index (χ4n) is 2.62. The topological polar surface area (TPSA) is 70.2 Å². The number of carbonyl (C=O) groups excluding carboxylic acids is 1. The monoisotopic (exact) mass is 355 g/mol. The second kappa shape index (κ2) is 7.96. The summed E-state index contributed by atoms with van der Waals surface area (Å²) in [5, 5.41) is 0. The maximum Gasteiger partial charge on any atom is 0.237 e. The summed E-state index contributed by atoms with van der Waals surface area (Å²) in [4.78, 5) is 16.3. The number of hydrogen-bond acceptors (Lipinski definition) is 5. The second-order valence-corrected chi connectivity index (χ2v) is 8.01. The van der Waals surface area contributed by atoms with Crippen molar-refractivity contribution in [2.24, 2.45) is 0 Å². The van der Waals surface area contributed by atoms with E-state index < -0.39 is 10.0 Å². The van der Waals surface area contributed by atoms with Gasteiger partial charge < -0.3 is 14.5 Å². The van der Waals surface area contributed by atoms with Gasteiger partial charge in [0.05, 0.1) is 19.9 Å². The normalized spacial score (nSPS) is 16.4. The highest BCUT2D eigenvalue weighted by atomic mass is 32.2. The van der Waals surface area contributed by atoms with Crippen molar-refractivity contribution < 1.29 is 17.9 Å². The van der Waals surface area contributed by atoms with Crippen LogP contribution >= 0.6 is 0 Å². The molecule has 7 nitrogen and oxygen atoms in total. The van der Waals surface area contributed by atoms with Crippen molar-refractivity contribution >= 4 is 15.9 Å². The summed E-state index contributed by atoms with van der Waals surface area (Å²) in [6, 6.07) is 7.22. The van der Waals surface area contributed by atoms with E-state index >= 15 is 0 Å². The van der Waals surface area contributed by atoms with Crippen molar-refractivity contribution in [1.82, 2.24) is 14.1 Å². The van der Waals surface area contributed by atoms with Crippen LogP contribution in [-0.2, 0) is 21.4 Å². The van der Waals surface area contributed by atoms with Gasteiger partial charge in [-0.3, -0.25) is 4.79 Å². The van der Waals surface area contributed by atoms with Gasteiger partial charge >= 0.3 is 0 Å². The molecule has 8 heteroatoms. The summed E-state index contributed by atoms with van der Waals surface area (Å²) in [5.41, 5.74) is 0.733. The van der Waals surface area contributed by atoms with Crippen LogP contribution in [0.15, 0.2) is 24.3 Å². The summed E-state index contributed by atoms with van der Waals surface area (Å²) in [6.07, 6.45) is 1.12. The van der Waals surface area contributed by atoms with Gasteiger partial charge in [0.1, 0.15) is 5.75 Å². The summed E-state index contributed by atoms with van der Waals surface area (Å²) >= 11 is 0. The Morgan fingerprint density at radius 1 is 1.21 bits per heavy atom. The molecule has 1 saturated heterocycles. The lowest BCUT2D eigenvalue weighted by atomic mass is 10.2. The SMILES string of the molecule is COc1ccccc1CN(CC(=O)N1CCN(C)CC1)S(C)(=O)=O. The smallest absolute Gasteiger partial charge is 0.237 e. The highest BCUT2D eigenvalue weighted by molar-refractivity contribution is 7.88. The molecule has 1 aromatic rings. The fraction of sp³-hybridized carbons (Fsp3) is 0.562. The first kappa shape index (κ1) is 18.7. The maximum absolute atomic E-state index is 12.5. The van der Waals surface area contributed by atoms with Gasteiger partial charge in [0.2, 0.25) is 15.9 Å². The van der Waals surface area contributed by atoms with Gasteiger partial charge in [-0.15, -0.1) is 0 Å². The summed E-state index contributed by atoms with van der Waals surface area (Å²) in [6.45, 7) is 2.82. The van der Waals surface area contributed by atoms with Crippen LogP contribution < -0.4 is 4.74 Å². The van der Waals surface area contributed by atoms with Gasteiger partial charge in [0.25, 0.3) is 0 Å². The van der Waals surface area contributed by atoms with E-state index in [0.29, 0.717) is 18.8 Å². The number of carbonyl (C=O) groups is 1. The first-order chi connectivity index (χ1) is 11.3. The van der Waals surface area contributed by atoms with Gasteiger partial charge in [-0.25, -0.2) is 8.42 Å². The Labute approximate surface area is 143 Å². The number of methoxy groups -OCH3 is 1. The first-order valence-corrected chi connectivity index (χ1v) is 9.69. The molecule has 0 saturated carbocycles. The standard InChI is InChI=1S/C16H25N3O4S/c1-17-8-10-18(11-9-17)16(20)13-19(24(3,21)22)12-14-6-4-5-7-15(14)23-2/h4-7H,8-13H2,1-3H3. The lowest BCUT2D eigenvalue weighted by molar-refractivity contribution is -0.133. The van der Waals surface area contributed by atoms with E-state index in [1.807, 2.05) is 19.2 Å². The fourth-order valence-corrected chi connectivity index (χ4v) is 3.34. The highest BCUT2D eigenvalue weighted by Crippen LogP contribution is 2.20. The van der Waals surface area contributed by atoms with E-state index in [0.717, 1.165) is 24.9 Å². The van der Waals surface area contributed by atoms with Crippen LogP contribution in [0.1, 0.15) is 5.56 Å². The molecule has 0 N–H and O–H groups in total. The van der Waals surface area contributed by atoms with Crippen molar-refractivity contribution in [3.63, 3.8) is 0 Å². The first-order valence-electron chi connectivity index (χ1n) is 7.84. The third-order valence-corrected chi connectivity index (χ3v) is 5.37. The number of amides is 1. The Kier molecular flexibility index (Phi) is 6.20. The van der Waals surface area contributed by atoms with Gasteiger partial charge in [0.15, 0.2) is 0 Å². The van der Waals surface area contributed by atoms with Crippen molar-refractivity contribution in [2.45, 2.75) is 6.54 Å². The number of rotatable bonds is 6. The number of likely N-dealkylation sites (N-methyl/N-ethyl adjacent to an activating group) is 1. The lowest BCUT2D eigenvalue weighted by Crippen LogP contribution is -2.50. The van der Waals surface area contributed by atoms with Gasteiger partial charge in [-0.1, -0.05) is 18.2 Å².